The van der Waals surface area contributed by atoms with Crippen molar-refractivity contribution in [3.63, 3.8) is 0 Å². The maximum atomic E-state index is 13.1. The third kappa shape index (κ3) is 3.43. The monoisotopic (exact) mass is 414 g/mol. The van der Waals surface area contributed by atoms with Crippen LogP contribution in [0, 0.1) is 0 Å². The Balaban J connectivity index is 1.35. The maximum absolute atomic E-state index is 13.1. The summed E-state index contributed by atoms with van der Waals surface area (Å²) in [5, 5.41) is 14.5. The van der Waals surface area contributed by atoms with Crippen molar-refractivity contribution in [3.8, 4) is 0 Å². The number of hydrogen-bond donors (Lipinski definition) is 3. The van der Waals surface area contributed by atoms with Crippen LogP contribution in [-0.4, -0.2) is 51.0 Å². The van der Waals surface area contributed by atoms with Gasteiger partial charge < -0.3 is 20.3 Å². The average Bonchev–Trinajstić information content (AvgIpc) is 3.19. The summed E-state index contributed by atoms with van der Waals surface area (Å²) in [5.74, 6) is -0.701. The van der Waals surface area contributed by atoms with Crippen LogP contribution in [0.2, 0.25) is 0 Å². The highest BCUT2D eigenvalue weighted by atomic mass is 16.3. The Hall–Kier alpha value is -3.71. The lowest BCUT2D eigenvalue weighted by Gasteiger charge is -2.30. The first-order chi connectivity index (χ1) is 15.2. The summed E-state index contributed by atoms with van der Waals surface area (Å²) in [6.45, 7) is 0.495. The van der Waals surface area contributed by atoms with Crippen molar-refractivity contribution in [1.82, 2.24) is 20.2 Å². The van der Waals surface area contributed by atoms with E-state index in [4.69, 9.17) is 0 Å². The Kier molecular flexibility index (Phi) is 4.88. The zero-order valence-corrected chi connectivity index (χ0v) is 16.8. The van der Waals surface area contributed by atoms with Crippen LogP contribution in [0.15, 0.2) is 60.8 Å². The van der Waals surface area contributed by atoms with Crippen molar-refractivity contribution in [3.05, 3.63) is 77.6 Å². The number of carbonyl (C=O) groups excluding carboxylic acids is 2. The van der Waals surface area contributed by atoms with E-state index in [2.05, 4.69) is 21.4 Å². The molecule has 0 aliphatic carbocycles. The van der Waals surface area contributed by atoms with Gasteiger partial charge in [-0.2, -0.15) is 0 Å². The zero-order chi connectivity index (χ0) is 21.4. The molecule has 4 aromatic rings. The normalized spacial score (nSPS) is 14.4. The van der Waals surface area contributed by atoms with Crippen LogP contribution in [-0.2, 0) is 17.8 Å². The minimum absolute atomic E-state index is 0.293. The number of aromatic amines is 1. The van der Waals surface area contributed by atoms with E-state index >= 15 is 0 Å². The highest BCUT2D eigenvalue weighted by Crippen LogP contribution is 2.27. The van der Waals surface area contributed by atoms with Gasteiger partial charge in [0.15, 0.2) is 0 Å². The first-order valence-electron chi connectivity index (χ1n) is 10.3. The van der Waals surface area contributed by atoms with E-state index in [-0.39, 0.29) is 5.91 Å². The molecular weight excluding hydrogens is 392 g/mol. The van der Waals surface area contributed by atoms with Crippen molar-refractivity contribution in [2.24, 2.45) is 0 Å². The Bertz CT molecular complexity index is 1290. The highest BCUT2D eigenvalue weighted by Gasteiger charge is 2.30. The lowest BCUT2D eigenvalue weighted by atomic mass is 10.0. The lowest BCUT2D eigenvalue weighted by Crippen LogP contribution is -2.51. The van der Waals surface area contributed by atoms with E-state index in [0.29, 0.717) is 29.6 Å². The summed E-state index contributed by atoms with van der Waals surface area (Å²) in [7, 11) is 0. The quantitative estimate of drug-likeness (QED) is 0.478. The van der Waals surface area contributed by atoms with Crippen LogP contribution in [0.3, 0.4) is 0 Å². The van der Waals surface area contributed by atoms with Crippen molar-refractivity contribution < 1.29 is 14.7 Å². The summed E-state index contributed by atoms with van der Waals surface area (Å²) in [6.07, 6.45) is 2.29. The molecule has 0 radical (unpaired) electrons. The SMILES string of the molecule is O=C(NC(CO)C(=O)N1CCc2c([nH]c3ccccc23)C1)c1ccnc2ccccc12. The number of hydrogen-bond acceptors (Lipinski definition) is 4. The topological polar surface area (TPSA) is 98.3 Å². The van der Waals surface area contributed by atoms with Gasteiger partial charge >= 0.3 is 0 Å². The van der Waals surface area contributed by atoms with Crippen LogP contribution in [0.25, 0.3) is 21.8 Å². The standard InChI is InChI=1S/C24H22N4O3/c29-14-22(27-23(30)18-9-11-25-19-7-3-1-6-16(18)19)24(31)28-12-10-17-15-5-2-4-8-20(15)26-21(17)13-28/h1-9,11,22,26,29H,10,12-14H2,(H,27,30). The molecule has 3 N–H and O–H groups in total. The molecule has 3 heterocycles. The van der Waals surface area contributed by atoms with Crippen LogP contribution in [0.1, 0.15) is 21.6 Å². The molecule has 31 heavy (non-hydrogen) atoms. The third-order valence-electron chi connectivity index (χ3n) is 5.87. The summed E-state index contributed by atoms with van der Waals surface area (Å²) >= 11 is 0. The molecule has 2 aromatic carbocycles. The van der Waals surface area contributed by atoms with Gasteiger partial charge in [0, 0.05) is 34.7 Å². The highest BCUT2D eigenvalue weighted by molar-refractivity contribution is 6.07. The van der Waals surface area contributed by atoms with E-state index in [1.807, 2.05) is 42.5 Å². The number of fused-ring (bicyclic) bond motifs is 4. The number of aliphatic hydroxyl groups is 1. The molecule has 0 saturated heterocycles. The summed E-state index contributed by atoms with van der Waals surface area (Å²) in [5.41, 5.74) is 4.41. The predicted octanol–water partition coefficient (Wildman–Crippen LogP) is 2.39. The number of H-pyrrole nitrogens is 1. The number of aliphatic hydroxyl groups excluding tert-OH is 1. The number of nitrogens with zero attached hydrogens (tertiary/aromatic N) is 2. The Labute approximate surface area is 178 Å². The lowest BCUT2D eigenvalue weighted by molar-refractivity contribution is -0.135. The van der Waals surface area contributed by atoms with E-state index < -0.39 is 18.6 Å². The number of para-hydroxylation sites is 2. The zero-order valence-electron chi connectivity index (χ0n) is 16.8. The van der Waals surface area contributed by atoms with Gasteiger partial charge in [-0.3, -0.25) is 14.6 Å². The van der Waals surface area contributed by atoms with Gasteiger partial charge in [0.05, 0.1) is 24.2 Å². The van der Waals surface area contributed by atoms with Crippen molar-refractivity contribution in [2.45, 2.75) is 19.0 Å². The summed E-state index contributed by atoms with van der Waals surface area (Å²) < 4.78 is 0. The molecule has 0 saturated carbocycles. The molecule has 5 rings (SSSR count). The van der Waals surface area contributed by atoms with Crippen molar-refractivity contribution in [1.29, 1.82) is 0 Å². The number of rotatable bonds is 4. The fourth-order valence-corrected chi connectivity index (χ4v) is 4.32. The molecule has 7 heteroatoms. The van der Waals surface area contributed by atoms with E-state index in [0.717, 1.165) is 17.6 Å². The Morgan fingerprint density at radius 2 is 1.87 bits per heavy atom. The predicted molar refractivity (Wildman–Crippen MR) is 118 cm³/mol. The number of pyridine rings is 1. The summed E-state index contributed by atoms with van der Waals surface area (Å²) in [6, 6.07) is 16.0. The molecule has 2 amide bonds. The largest absolute Gasteiger partial charge is 0.394 e. The molecule has 0 bridgehead atoms. The molecule has 156 valence electrons. The molecule has 0 spiro atoms. The average molecular weight is 414 g/mol. The molecule has 1 atom stereocenters. The molecule has 7 nitrogen and oxygen atoms in total. The van der Waals surface area contributed by atoms with Gasteiger partial charge in [0.1, 0.15) is 6.04 Å². The third-order valence-corrected chi connectivity index (χ3v) is 5.87. The number of benzene rings is 2. The molecule has 2 aromatic heterocycles. The molecular formula is C24H22N4O3. The second-order valence-corrected chi connectivity index (χ2v) is 7.72. The Morgan fingerprint density at radius 1 is 1.10 bits per heavy atom. The second-order valence-electron chi connectivity index (χ2n) is 7.72. The van der Waals surface area contributed by atoms with Crippen molar-refractivity contribution in [2.75, 3.05) is 13.2 Å². The number of amides is 2. The fraction of sp³-hybridized carbons (Fsp3) is 0.208. The Morgan fingerprint density at radius 3 is 2.71 bits per heavy atom. The molecule has 0 fully saturated rings. The van der Waals surface area contributed by atoms with Gasteiger partial charge in [-0.05, 0) is 30.2 Å². The molecule has 1 aliphatic rings. The van der Waals surface area contributed by atoms with E-state index in [1.54, 1.807) is 17.2 Å². The van der Waals surface area contributed by atoms with Crippen molar-refractivity contribution >= 4 is 33.6 Å². The van der Waals surface area contributed by atoms with Gasteiger partial charge in [0.25, 0.3) is 5.91 Å². The van der Waals surface area contributed by atoms with Gasteiger partial charge in [-0.1, -0.05) is 36.4 Å². The first kappa shape index (κ1) is 19.3. The van der Waals surface area contributed by atoms with Crippen LogP contribution >= 0.6 is 0 Å². The smallest absolute Gasteiger partial charge is 0.252 e. The summed E-state index contributed by atoms with van der Waals surface area (Å²) in [4.78, 5) is 35.4. The number of carbonyl (C=O) groups is 2. The number of nitrogens with one attached hydrogen (secondary N) is 2. The second kappa shape index (κ2) is 7.85. The van der Waals surface area contributed by atoms with Crippen LogP contribution in [0.5, 0.6) is 0 Å². The molecule has 1 aliphatic heterocycles. The number of aromatic nitrogens is 2. The fourth-order valence-electron chi connectivity index (χ4n) is 4.32. The van der Waals surface area contributed by atoms with Gasteiger partial charge in [-0.15, -0.1) is 0 Å². The van der Waals surface area contributed by atoms with Gasteiger partial charge in [-0.25, -0.2) is 0 Å². The first-order valence-corrected chi connectivity index (χ1v) is 10.3. The van der Waals surface area contributed by atoms with E-state index in [9.17, 15) is 14.7 Å². The van der Waals surface area contributed by atoms with E-state index in [1.165, 1.54) is 10.9 Å². The van der Waals surface area contributed by atoms with Crippen LogP contribution < -0.4 is 5.32 Å². The maximum Gasteiger partial charge on any atom is 0.252 e. The van der Waals surface area contributed by atoms with Crippen LogP contribution in [0.4, 0.5) is 0 Å². The minimum atomic E-state index is -1.01. The minimum Gasteiger partial charge on any atom is -0.394 e. The molecule has 1 unspecified atom stereocenters. The van der Waals surface area contributed by atoms with Gasteiger partial charge in [0.2, 0.25) is 5.91 Å².